The largest absolute Gasteiger partial charge is 0.379 e. The number of aromatic nitrogens is 1. The molecule has 0 aliphatic carbocycles. The molecule has 1 aromatic carbocycles. The molecule has 0 unspecified atom stereocenters. The molecule has 0 aliphatic heterocycles. The average Bonchev–Trinajstić information content (AvgIpc) is 2.40. The molecular weight excluding hydrogens is 264 g/mol. The molecule has 0 aliphatic rings. The Morgan fingerprint density at radius 3 is 2.24 bits per heavy atom. The van der Waals surface area contributed by atoms with Crippen molar-refractivity contribution < 1.29 is 4.79 Å². The van der Waals surface area contributed by atoms with Crippen molar-refractivity contribution in [3.8, 4) is 0 Å². The maximum absolute atomic E-state index is 11.8. The zero-order chi connectivity index (χ0) is 15.3. The predicted octanol–water partition coefficient (Wildman–Crippen LogP) is 3.94. The first-order valence-corrected chi connectivity index (χ1v) is 6.80. The summed E-state index contributed by atoms with van der Waals surface area (Å²) in [7, 11) is 0. The summed E-state index contributed by atoms with van der Waals surface area (Å²) in [6.07, 6.45) is 1.70. The Balaban J connectivity index is 1.92. The number of nitrogens with one attached hydrogen (secondary N) is 3. The molecular formula is C16H20N4O. The SMILES string of the molecule is CC(C)(C)Nc1ccc(NC(=O)Nc2ccccc2)nc1. The second-order valence-corrected chi connectivity index (χ2v) is 5.75. The van der Waals surface area contributed by atoms with Gasteiger partial charge in [0.15, 0.2) is 0 Å². The second-order valence-electron chi connectivity index (χ2n) is 5.75. The fourth-order valence-corrected chi connectivity index (χ4v) is 1.77. The van der Waals surface area contributed by atoms with Crippen LogP contribution in [0, 0.1) is 0 Å². The number of urea groups is 1. The van der Waals surface area contributed by atoms with Crippen LogP contribution in [0.2, 0.25) is 0 Å². The highest BCUT2D eigenvalue weighted by Gasteiger charge is 2.09. The Kier molecular flexibility index (Phi) is 4.42. The van der Waals surface area contributed by atoms with Crippen LogP contribution in [0.15, 0.2) is 48.7 Å². The van der Waals surface area contributed by atoms with Gasteiger partial charge < -0.3 is 10.6 Å². The molecule has 1 aromatic heterocycles. The van der Waals surface area contributed by atoms with E-state index in [9.17, 15) is 4.79 Å². The van der Waals surface area contributed by atoms with E-state index in [2.05, 4.69) is 41.7 Å². The summed E-state index contributed by atoms with van der Waals surface area (Å²) in [5.74, 6) is 0.503. The fourth-order valence-electron chi connectivity index (χ4n) is 1.77. The number of hydrogen-bond donors (Lipinski definition) is 3. The first-order chi connectivity index (χ1) is 9.92. The first-order valence-electron chi connectivity index (χ1n) is 6.80. The molecule has 0 spiro atoms. The molecule has 3 N–H and O–H groups in total. The van der Waals surface area contributed by atoms with E-state index < -0.39 is 0 Å². The maximum Gasteiger partial charge on any atom is 0.324 e. The molecule has 0 radical (unpaired) electrons. The van der Waals surface area contributed by atoms with Gasteiger partial charge in [0, 0.05) is 11.2 Å². The molecule has 2 aromatic rings. The summed E-state index contributed by atoms with van der Waals surface area (Å²) in [4.78, 5) is 16.0. The smallest absolute Gasteiger partial charge is 0.324 e. The van der Waals surface area contributed by atoms with Crippen molar-refractivity contribution >= 4 is 23.2 Å². The number of carbonyl (C=O) groups is 1. The van der Waals surface area contributed by atoms with Gasteiger partial charge >= 0.3 is 6.03 Å². The monoisotopic (exact) mass is 284 g/mol. The van der Waals surface area contributed by atoms with Gasteiger partial charge in [0.2, 0.25) is 0 Å². The van der Waals surface area contributed by atoms with Gasteiger partial charge in [-0.05, 0) is 45.0 Å². The minimum atomic E-state index is -0.315. The summed E-state index contributed by atoms with van der Waals surface area (Å²) in [5, 5.41) is 8.74. The van der Waals surface area contributed by atoms with Gasteiger partial charge in [-0.3, -0.25) is 5.32 Å². The van der Waals surface area contributed by atoms with Crippen LogP contribution in [0.4, 0.5) is 22.0 Å². The topological polar surface area (TPSA) is 66.0 Å². The lowest BCUT2D eigenvalue weighted by molar-refractivity contribution is 0.262. The Morgan fingerprint density at radius 1 is 0.952 bits per heavy atom. The summed E-state index contributed by atoms with van der Waals surface area (Å²) in [6.45, 7) is 6.23. The van der Waals surface area contributed by atoms with E-state index in [4.69, 9.17) is 0 Å². The van der Waals surface area contributed by atoms with Crippen molar-refractivity contribution in [1.82, 2.24) is 4.98 Å². The van der Waals surface area contributed by atoms with Gasteiger partial charge in [-0.2, -0.15) is 0 Å². The average molecular weight is 284 g/mol. The van der Waals surface area contributed by atoms with Gasteiger partial charge in [0.1, 0.15) is 5.82 Å². The van der Waals surface area contributed by atoms with Crippen LogP contribution in [-0.2, 0) is 0 Å². The Labute approximate surface area is 124 Å². The van der Waals surface area contributed by atoms with E-state index in [1.165, 1.54) is 0 Å². The molecule has 5 heteroatoms. The summed E-state index contributed by atoms with van der Waals surface area (Å²) < 4.78 is 0. The van der Waals surface area contributed by atoms with Crippen LogP contribution >= 0.6 is 0 Å². The van der Waals surface area contributed by atoms with Crippen molar-refractivity contribution in [2.24, 2.45) is 0 Å². The number of amides is 2. The lowest BCUT2D eigenvalue weighted by atomic mass is 10.1. The number of para-hydroxylation sites is 1. The zero-order valence-electron chi connectivity index (χ0n) is 12.5. The van der Waals surface area contributed by atoms with Crippen molar-refractivity contribution in [2.45, 2.75) is 26.3 Å². The molecule has 0 atom stereocenters. The van der Waals surface area contributed by atoms with Crippen LogP contribution in [0.3, 0.4) is 0 Å². The van der Waals surface area contributed by atoms with Crippen molar-refractivity contribution in [1.29, 1.82) is 0 Å². The van der Waals surface area contributed by atoms with Crippen LogP contribution in [-0.4, -0.2) is 16.6 Å². The first kappa shape index (κ1) is 14.8. The number of benzene rings is 1. The van der Waals surface area contributed by atoms with Crippen LogP contribution in [0.1, 0.15) is 20.8 Å². The molecule has 110 valence electrons. The summed E-state index contributed by atoms with van der Waals surface area (Å²) >= 11 is 0. The molecule has 0 fully saturated rings. The maximum atomic E-state index is 11.8. The highest BCUT2D eigenvalue weighted by atomic mass is 16.2. The number of anilines is 3. The van der Waals surface area contributed by atoms with E-state index in [0.717, 1.165) is 11.4 Å². The number of hydrogen-bond acceptors (Lipinski definition) is 3. The molecule has 0 saturated heterocycles. The third-order valence-corrected chi connectivity index (χ3v) is 2.56. The molecule has 0 saturated carbocycles. The minimum absolute atomic E-state index is 0.0265. The quantitative estimate of drug-likeness (QED) is 0.800. The lowest BCUT2D eigenvalue weighted by Gasteiger charge is -2.21. The van der Waals surface area contributed by atoms with Gasteiger partial charge in [-0.25, -0.2) is 9.78 Å². The van der Waals surface area contributed by atoms with Gasteiger partial charge in [0.25, 0.3) is 0 Å². The van der Waals surface area contributed by atoms with E-state index in [-0.39, 0.29) is 11.6 Å². The fraction of sp³-hybridized carbons (Fsp3) is 0.250. The Morgan fingerprint density at radius 2 is 1.67 bits per heavy atom. The Bertz CT molecular complexity index is 588. The number of rotatable bonds is 3. The number of nitrogens with zero attached hydrogens (tertiary/aromatic N) is 1. The molecule has 2 rings (SSSR count). The predicted molar refractivity (Wildman–Crippen MR) is 86.7 cm³/mol. The van der Waals surface area contributed by atoms with Gasteiger partial charge in [0.05, 0.1) is 11.9 Å². The minimum Gasteiger partial charge on any atom is -0.379 e. The van der Waals surface area contributed by atoms with Crippen molar-refractivity contribution in [3.05, 3.63) is 48.7 Å². The van der Waals surface area contributed by atoms with Crippen LogP contribution in [0.5, 0.6) is 0 Å². The van der Waals surface area contributed by atoms with E-state index in [1.807, 2.05) is 36.4 Å². The molecule has 1 heterocycles. The molecule has 5 nitrogen and oxygen atoms in total. The summed E-state index contributed by atoms with van der Waals surface area (Å²) in [5.41, 5.74) is 1.62. The second kappa shape index (κ2) is 6.26. The highest BCUT2D eigenvalue weighted by molar-refractivity contribution is 5.99. The zero-order valence-corrected chi connectivity index (χ0v) is 12.5. The standard InChI is InChI=1S/C16H20N4O/c1-16(2,3)20-13-9-10-14(17-11-13)19-15(21)18-12-7-5-4-6-8-12/h4-11,20H,1-3H3,(H2,17,18,19,21). The number of carbonyl (C=O) groups excluding carboxylic acids is 1. The third-order valence-electron chi connectivity index (χ3n) is 2.56. The van der Waals surface area contributed by atoms with Crippen molar-refractivity contribution in [3.63, 3.8) is 0 Å². The highest BCUT2D eigenvalue weighted by Crippen LogP contribution is 2.15. The molecule has 0 bridgehead atoms. The van der Waals surface area contributed by atoms with E-state index in [1.54, 1.807) is 12.3 Å². The van der Waals surface area contributed by atoms with Gasteiger partial charge in [-0.1, -0.05) is 18.2 Å². The number of pyridine rings is 1. The Hall–Kier alpha value is -2.56. The lowest BCUT2D eigenvalue weighted by Crippen LogP contribution is -2.26. The van der Waals surface area contributed by atoms with Crippen molar-refractivity contribution in [2.75, 3.05) is 16.0 Å². The molecule has 21 heavy (non-hydrogen) atoms. The van der Waals surface area contributed by atoms with Crippen LogP contribution < -0.4 is 16.0 Å². The normalized spacial score (nSPS) is 10.8. The van der Waals surface area contributed by atoms with Gasteiger partial charge in [-0.15, -0.1) is 0 Å². The molecule has 2 amide bonds. The summed E-state index contributed by atoms with van der Waals surface area (Å²) in [6, 6.07) is 12.6. The van der Waals surface area contributed by atoms with E-state index >= 15 is 0 Å². The van der Waals surface area contributed by atoms with E-state index in [0.29, 0.717) is 5.82 Å². The van der Waals surface area contributed by atoms with Crippen LogP contribution in [0.25, 0.3) is 0 Å². The third kappa shape index (κ3) is 5.14.